The topological polar surface area (TPSA) is 124 Å². The molecule has 8 nitrogen and oxygen atoms in total. The molecule has 1 atom stereocenters. The first kappa shape index (κ1) is 34.7. The smallest absolute Gasteiger partial charge is 0.312 e. The molecule has 1 aromatic heterocycles. The van der Waals surface area contributed by atoms with Gasteiger partial charge in [-0.2, -0.15) is 15.5 Å². The van der Waals surface area contributed by atoms with Crippen molar-refractivity contribution in [3.05, 3.63) is 111 Å². The summed E-state index contributed by atoms with van der Waals surface area (Å²) in [6, 6.07) is 22.6. The number of aryl methyl sites for hydroxylation is 2. The van der Waals surface area contributed by atoms with Crippen molar-refractivity contribution in [2.45, 2.75) is 59.5 Å². The van der Waals surface area contributed by atoms with Gasteiger partial charge in [0.2, 0.25) is 11.5 Å². The van der Waals surface area contributed by atoms with Crippen LogP contribution in [-0.2, 0) is 21.6 Å². The third-order valence-corrected chi connectivity index (χ3v) is 8.46. The van der Waals surface area contributed by atoms with Crippen LogP contribution in [0.3, 0.4) is 0 Å². The van der Waals surface area contributed by atoms with E-state index < -0.39 is 5.60 Å². The zero-order valence-electron chi connectivity index (χ0n) is 28.2. The zero-order valence-corrected chi connectivity index (χ0v) is 28.9. The Morgan fingerprint density at radius 1 is 1.00 bits per heavy atom. The van der Waals surface area contributed by atoms with Crippen molar-refractivity contribution in [2.75, 3.05) is 10.6 Å². The largest absolute Gasteiger partial charge is 0.441 e. The van der Waals surface area contributed by atoms with Gasteiger partial charge in [0.1, 0.15) is 5.82 Å². The molecule has 0 bridgehead atoms. The Kier molecular flexibility index (Phi) is 10.4. The van der Waals surface area contributed by atoms with E-state index in [9.17, 15) is 4.79 Å². The lowest BCUT2D eigenvalue weighted by molar-refractivity contribution is -0.167. The lowest BCUT2D eigenvalue weighted by Gasteiger charge is -2.43. The van der Waals surface area contributed by atoms with Crippen LogP contribution >= 0.6 is 11.6 Å². The molecule has 1 saturated carbocycles. The predicted molar refractivity (Wildman–Crippen MR) is 193 cm³/mol. The van der Waals surface area contributed by atoms with Crippen molar-refractivity contribution in [2.24, 2.45) is 11.3 Å². The van der Waals surface area contributed by atoms with Crippen molar-refractivity contribution in [1.29, 1.82) is 10.5 Å². The Morgan fingerprint density at radius 2 is 1.71 bits per heavy atom. The molecule has 1 aliphatic carbocycles. The fraction of sp³-hybridized carbons (Fsp3) is 0.275. The van der Waals surface area contributed by atoms with E-state index in [-0.39, 0.29) is 17.8 Å². The second kappa shape index (κ2) is 14.7. The van der Waals surface area contributed by atoms with Gasteiger partial charge in [0.05, 0.1) is 24.1 Å². The van der Waals surface area contributed by atoms with Crippen LogP contribution in [0.2, 0.25) is 5.02 Å². The molecule has 0 spiro atoms. The van der Waals surface area contributed by atoms with Gasteiger partial charge in [0, 0.05) is 45.6 Å². The van der Waals surface area contributed by atoms with E-state index in [2.05, 4.69) is 59.3 Å². The van der Waals surface area contributed by atoms with Crippen LogP contribution in [0.5, 0.6) is 0 Å². The fourth-order valence-electron chi connectivity index (χ4n) is 5.51. The van der Waals surface area contributed by atoms with Crippen LogP contribution in [0, 0.1) is 59.7 Å². The molecule has 246 valence electrons. The first-order valence-electron chi connectivity index (χ1n) is 16.0. The second-order valence-corrected chi connectivity index (χ2v) is 13.6. The summed E-state index contributed by atoms with van der Waals surface area (Å²) in [5, 5.41) is 24.7. The van der Waals surface area contributed by atoms with E-state index >= 15 is 0 Å². The highest BCUT2D eigenvalue weighted by Crippen LogP contribution is 2.47. The van der Waals surface area contributed by atoms with E-state index in [1.165, 1.54) is 6.08 Å². The Morgan fingerprint density at radius 3 is 2.35 bits per heavy atom. The lowest BCUT2D eigenvalue weighted by atomic mass is 9.69. The fourth-order valence-corrected chi connectivity index (χ4v) is 5.69. The number of carbonyl (C=O) groups excluding carboxylic acids is 1. The average molecular weight is 669 g/mol. The number of hydrogen-bond donors (Lipinski definition) is 2. The van der Waals surface area contributed by atoms with Crippen molar-refractivity contribution in [1.82, 2.24) is 9.97 Å². The van der Waals surface area contributed by atoms with E-state index in [1.807, 2.05) is 62.4 Å². The standard InChI is InChI=1S/C22H18N6.C18H19ClO2/c1-15-12-18(4-3-10-23)13-16(2)21(15)27-20-9-11-25-22(28-20)26-19-7-5-17(14-24)6-8-19;1-17(2,3)18(9-8-12-4-5-12)15-11-14(19)7-6-13(15)10-16(20)21-18/h3-9,11-13H,1-2H3,(H2,25,26,27,28);6-7,11-12H,4-5,10H2,1-3H3/b4-3+;/t;18-/m.0/s1. The summed E-state index contributed by atoms with van der Waals surface area (Å²) in [5.74, 6) is 7.94. The van der Waals surface area contributed by atoms with Gasteiger partial charge in [-0.15, -0.1) is 0 Å². The minimum absolute atomic E-state index is 0.218. The Hall–Kier alpha value is -5.62. The Balaban J connectivity index is 0.000000199. The number of halogens is 1. The molecule has 3 aromatic carbocycles. The van der Waals surface area contributed by atoms with E-state index in [4.69, 9.17) is 26.9 Å². The molecule has 1 aliphatic heterocycles. The number of benzene rings is 3. The van der Waals surface area contributed by atoms with Crippen LogP contribution in [0.1, 0.15) is 67.0 Å². The van der Waals surface area contributed by atoms with E-state index in [1.54, 1.807) is 30.5 Å². The number of nitriles is 2. The first-order valence-corrected chi connectivity index (χ1v) is 16.4. The van der Waals surface area contributed by atoms with Gasteiger partial charge in [-0.25, -0.2) is 4.98 Å². The number of carbonyl (C=O) groups is 1. The molecule has 4 aromatic rings. The maximum Gasteiger partial charge on any atom is 0.312 e. The summed E-state index contributed by atoms with van der Waals surface area (Å²) in [6.45, 7) is 10.2. The zero-order chi connectivity index (χ0) is 35.2. The highest BCUT2D eigenvalue weighted by atomic mass is 35.5. The number of nitrogens with one attached hydrogen (secondary N) is 2. The van der Waals surface area contributed by atoms with Crippen molar-refractivity contribution < 1.29 is 9.53 Å². The van der Waals surface area contributed by atoms with Gasteiger partial charge in [0.25, 0.3) is 0 Å². The summed E-state index contributed by atoms with van der Waals surface area (Å²) in [6.07, 6.45) is 7.50. The molecule has 49 heavy (non-hydrogen) atoms. The highest BCUT2D eigenvalue weighted by molar-refractivity contribution is 6.30. The number of anilines is 4. The summed E-state index contributed by atoms with van der Waals surface area (Å²) in [5.41, 5.74) is 6.12. The molecule has 0 amide bonds. The van der Waals surface area contributed by atoms with Crippen molar-refractivity contribution in [3.63, 3.8) is 0 Å². The minimum atomic E-state index is -0.912. The quantitative estimate of drug-likeness (QED) is 0.123. The Bertz CT molecular complexity index is 2030. The summed E-state index contributed by atoms with van der Waals surface area (Å²) >= 11 is 6.18. The number of ether oxygens (including phenoxy) is 1. The molecule has 2 aliphatic rings. The summed E-state index contributed by atoms with van der Waals surface area (Å²) in [7, 11) is 0. The lowest BCUT2D eigenvalue weighted by Crippen LogP contribution is -2.47. The molecule has 2 heterocycles. The molecule has 2 N–H and O–H groups in total. The SMILES string of the molecule is CC(C)(C)[C@@]1(C#CC2CC2)OC(=O)Cc2ccc(Cl)cc21.Cc1cc(/C=C/C#N)cc(C)c1Nc1ccnc(Nc2ccc(C#N)cc2)n1. The van der Waals surface area contributed by atoms with E-state index in [0.717, 1.165) is 52.0 Å². The maximum atomic E-state index is 12.1. The monoisotopic (exact) mass is 668 g/mol. The van der Waals surface area contributed by atoms with Crippen LogP contribution < -0.4 is 10.6 Å². The second-order valence-electron chi connectivity index (χ2n) is 13.1. The number of aromatic nitrogens is 2. The first-order chi connectivity index (χ1) is 23.4. The van der Waals surface area contributed by atoms with Gasteiger partial charge in [-0.1, -0.05) is 44.4 Å². The summed E-state index contributed by atoms with van der Waals surface area (Å²) < 4.78 is 5.83. The van der Waals surface area contributed by atoms with E-state index in [0.29, 0.717) is 28.3 Å². The molecule has 6 rings (SSSR count). The van der Waals surface area contributed by atoms with Crippen molar-refractivity contribution >= 4 is 46.8 Å². The number of fused-ring (bicyclic) bond motifs is 1. The van der Waals surface area contributed by atoms with Crippen LogP contribution in [-0.4, -0.2) is 15.9 Å². The minimum Gasteiger partial charge on any atom is -0.441 e. The molecule has 0 saturated heterocycles. The van der Waals surface area contributed by atoms with Gasteiger partial charge in [-0.3, -0.25) is 4.79 Å². The predicted octanol–water partition coefficient (Wildman–Crippen LogP) is 9.08. The number of hydrogen-bond acceptors (Lipinski definition) is 8. The maximum absolute atomic E-state index is 12.1. The molecular formula is C40H37ClN6O2. The number of allylic oxidation sites excluding steroid dienone is 1. The third-order valence-electron chi connectivity index (χ3n) is 8.22. The summed E-state index contributed by atoms with van der Waals surface area (Å²) in [4.78, 5) is 20.9. The third kappa shape index (κ3) is 8.46. The van der Waals surface area contributed by atoms with Crippen LogP contribution in [0.4, 0.5) is 23.1 Å². The van der Waals surface area contributed by atoms with Gasteiger partial charge < -0.3 is 15.4 Å². The van der Waals surface area contributed by atoms with Gasteiger partial charge in [-0.05, 0) is 116 Å². The van der Waals surface area contributed by atoms with Gasteiger partial charge >= 0.3 is 5.97 Å². The number of rotatable bonds is 5. The van der Waals surface area contributed by atoms with Crippen LogP contribution in [0.25, 0.3) is 6.08 Å². The molecule has 9 heteroatoms. The number of esters is 1. The normalized spacial score (nSPS) is 16.4. The number of nitrogens with zero attached hydrogens (tertiary/aromatic N) is 4. The Labute approximate surface area is 292 Å². The van der Waals surface area contributed by atoms with Gasteiger partial charge in [0.15, 0.2) is 0 Å². The molecule has 1 fully saturated rings. The molecule has 0 radical (unpaired) electrons. The van der Waals surface area contributed by atoms with Crippen molar-refractivity contribution in [3.8, 4) is 24.0 Å². The van der Waals surface area contributed by atoms with Crippen LogP contribution in [0.15, 0.2) is 72.9 Å². The average Bonchev–Trinajstić information content (AvgIpc) is 3.90. The number of cyclic esters (lactones) is 1. The highest BCUT2D eigenvalue weighted by Gasteiger charge is 2.50. The molecular weight excluding hydrogens is 632 g/mol. The molecule has 0 unspecified atom stereocenters.